The largest absolute Gasteiger partial charge is 0.463 e. The van der Waals surface area contributed by atoms with Gasteiger partial charge in [0.15, 0.2) is 0 Å². The molecule has 2 amide bonds. The molecule has 7 heteroatoms. The van der Waals surface area contributed by atoms with Gasteiger partial charge in [0, 0.05) is 25.3 Å². The molecule has 2 aliphatic heterocycles. The third-order valence-electron chi connectivity index (χ3n) is 3.35. The number of rotatable bonds is 4. The van der Waals surface area contributed by atoms with Crippen molar-refractivity contribution in [2.75, 3.05) is 39.5 Å². The third-order valence-corrected chi connectivity index (χ3v) is 3.35. The van der Waals surface area contributed by atoms with E-state index in [-0.39, 0.29) is 18.0 Å². The second-order valence-corrected chi connectivity index (χ2v) is 4.82. The summed E-state index contributed by atoms with van der Waals surface area (Å²) in [6.45, 7) is 7.30. The first-order chi connectivity index (χ1) is 9.61. The number of nitrogens with one attached hydrogen (secondary N) is 2. The fourth-order valence-corrected chi connectivity index (χ4v) is 2.39. The van der Waals surface area contributed by atoms with E-state index in [1.165, 1.54) is 0 Å². The number of nitrogens with zero attached hydrogens (tertiary/aromatic N) is 1. The van der Waals surface area contributed by atoms with Gasteiger partial charge in [0.2, 0.25) is 0 Å². The van der Waals surface area contributed by atoms with Crippen molar-refractivity contribution in [3.63, 3.8) is 0 Å². The number of amides is 2. The van der Waals surface area contributed by atoms with E-state index < -0.39 is 0 Å². The average molecular weight is 283 g/mol. The fourth-order valence-electron chi connectivity index (χ4n) is 2.39. The molecule has 1 saturated heterocycles. The van der Waals surface area contributed by atoms with Crippen LogP contribution in [-0.2, 0) is 14.3 Å². The highest BCUT2D eigenvalue weighted by Crippen LogP contribution is 2.15. The Balaban J connectivity index is 2.17. The summed E-state index contributed by atoms with van der Waals surface area (Å²) in [5, 5.41) is 5.41. The van der Waals surface area contributed by atoms with Crippen molar-refractivity contribution in [1.29, 1.82) is 0 Å². The van der Waals surface area contributed by atoms with Gasteiger partial charge in [0.05, 0.1) is 31.4 Å². The standard InChI is InChI=1S/C13H21N3O4/c1-3-20-12(17)11-9(2)14-13(18)15-10(11)8-16-4-6-19-7-5-16/h9H,3-8H2,1-2H3,(H2,14,15,18). The molecule has 0 spiro atoms. The molecule has 2 aliphatic rings. The highest BCUT2D eigenvalue weighted by Gasteiger charge is 2.30. The lowest BCUT2D eigenvalue weighted by Crippen LogP contribution is -2.52. The summed E-state index contributed by atoms with van der Waals surface area (Å²) in [7, 11) is 0. The summed E-state index contributed by atoms with van der Waals surface area (Å²) in [5.74, 6) is -0.379. The summed E-state index contributed by atoms with van der Waals surface area (Å²) >= 11 is 0. The predicted octanol–water partition coefficient (Wildman–Crippen LogP) is -0.163. The number of carbonyl (C=O) groups excluding carboxylic acids is 2. The number of morpholine rings is 1. The molecule has 1 unspecified atom stereocenters. The fraction of sp³-hybridized carbons (Fsp3) is 0.692. The van der Waals surface area contributed by atoms with Crippen LogP contribution in [0, 0.1) is 0 Å². The normalized spacial score (nSPS) is 24.1. The topological polar surface area (TPSA) is 79.9 Å². The Morgan fingerprint density at radius 2 is 2.15 bits per heavy atom. The molecule has 0 aliphatic carbocycles. The smallest absolute Gasteiger partial charge is 0.337 e. The van der Waals surface area contributed by atoms with Crippen molar-refractivity contribution in [2.45, 2.75) is 19.9 Å². The first-order valence-corrected chi connectivity index (χ1v) is 6.89. The number of hydrogen-bond acceptors (Lipinski definition) is 5. The Bertz CT molecular complexity index is 416. The van der Waals surface area contributed by atoms with Gasteiger partial charge >= 0.3 is 12.0 Å². The highest BCUT2D eigenvalue weighted by molar-refractivity contribution is 5.94. The molecule has 0 saturated carbocycles. The molecule has 0 bridgehead atoms. The van der Waals surface area contributed by atoms with Crippen molar-refractivity contribution >= 4 is 12.0 Å². The first kappa shape index (κ1) is 14.8. The van der Waals surface area contributed by atoms with Crippen LogP contribution in [-0.4, -0.2) is 62.4 Å². The molecular formula is C13H21N3O4. The second-order valence-electron chi connectivity index (χ2n) is 4.82. The second kappa shape index (κ2) is 6.71. The lowest BCUT2D eigenvalue weighted by atomic mass is 10.0. The highest BCUT2D eigenvalue weighted by atomic mass is 16.5. The molecule has 112 valence electrons. The zero-order valence-corrected chi connectivity index (χ0v) is 11.9. The average Bonchev–Trinajstić information content (AvgIpc) is 2.39. The van der Waals surface area contributed by atoms with Gasteiger partial charge in [-0.15, -0.1) is 0 Å². The molecule has 2 rings (SSSR count). The van der Waals surface area contributed by atoms with Crippen molar-refractivity contribution in [2.24, 2.45) is 0 Å². The van der Waals surface area contributed by atoms with Gasteiger partial charge in [0.25, 0.3) is 0 Å². The van der Waals surface area contributed by atoms with Crippen LogP contribution in [0.5, 0.6) is 0 Å². The molecule has 20 heavy (non-hydrogen) atoms. The van der Waals surface area contributed by atoms with Gasteiger partial charge in [-0.05, 0) is 13.8 Å². The summed E-state index contributed by atoms with van der Waals surface area (Å²) in [6.07, 6.45) is 0. The van der Waals surface area contributed by atoms with E-state index in [4.69, 9.17) is 9.47 Å². The van der Waals surface area contributed by atoms with E-state index in [0.29, 0.717) is 37.6 Å². The summed E-state index contributed by atoms with van der Waals surface area (Å²) in [6, 6.07) is -0.632. The maximum Gasteiger partial charge on any atom is 0.337 e. The van der Waals surface area contributed by atoms with Gasteiger partial charge in [-0.25, -0.2) is 9.59 Å². The number of urea groups is 1. The summed E-state index contributed by atoms with van der Waals surface area (Å²) in [4.78, 5) is 25.8. The Morgan fingerprint density at radius 3 is 2.80 bits per heavy atom. The van der Waals surface area contributed by atoms with E-state index in [2.05, 4.69) is 15.5 Å². The number of esters is 1. The molecule has 0 radical (unpaired) electrons. The van der Waals surface area contributed by atoms with E-state index in [0.717, 1.165) is 13.1 Å². The van der Waals surface area contributed by atoms with Crippen LogP contribution in [0.3, 0.4) is 0 Å². The predicted molar refractivity (Wildman–Crippen MR) is 72.0 cm³/mol. The maximum atomic E-state index is 12.1. The Hall–Kier alpha value is -1.60. The molecule has 0 aromatic carbocycles. The van der Waals surface area contributed by atoms with Gasteiger partial charge in [-0.2, -0.15) is 0 Å². The van der Waals surface area contributed by atoms with Crippen molar-refractivity contribution < 1.29 is 19.1 Å². The van der Waals surface area contributed by atoms with Crippen LogP contribution < -0.4 is 10.6 Å². The number of ether oxygens (including phenoxy) is 2. The zero-order valence-electron chi connectivity index (χ0n) is 11.9. The molecular weight excluding hydrogens is 262 g/mol. The number of carbonyl (C=O) groups is 2. The van der Waals surface area contributed by atoms with Crippen LogP contribution in [0.4, 0.5) is 4.79 Å². The SMILES string of the molecule is CCOC(=O)C1=C(CN2CCOCC2)NC(=O)NC1C. The quantitative estimate of drug-likeness (QED) is 0.701. The van der Waals surface area contributed by atoms with Gasteiger partial charge in [-0.1, -0.05) is 0 Å². The van der Waals surface area contributed by atoms with Crippen molar-refractivity contribution in [3.8, 4) is 0 Å². The molecule has 2 heterocycles. The minimum atomic E-state index is -0.379. The van der Waals surface area contributed by atoms with E-state index in [1.807, 2.05) is 0 Å². The summed E-state index contributed by atoms with van der Waals surface area (Å²) in [5.41, 5.74) is 1.12. The van der Waals surface area contributed by atoms with Crippen LogP contribution in [0.1, 0.15) is 13.8 Å². The maximum absolute atomic E-state index is 12.1. The van der Waals surface area contributed by atoms with Gasteiger partial charge < -0.3 is 20.1 Å². The van der Waals surface area contributed by atoms with E-state index in [9.17, 15) is 9.59 Å². The first-order valence-electron chi connectivity index (χ1n) is 6.89. The molecule has 1 fully saturated rings. The van der Waals surface area contributed by atoms with Crippen LogP contribution >= 0.6 is 0 Å². The van der Waals surface area contributed by atoms with Crippen molar-refractivity contribution in [3.05, 3.63) is 11.3 Å². The monoisotopic (exact) mass is 283 g/mol. The Labute approximate surface area is 118 Å². The van der Waals surface area contributed by atoms with E-state index >= 15 is 0 Å². The zero-order chi connectivity index (χ0) is 14.5. The van der Waals surface area contributed by atoms with Crippen molar-refractivity contribution in [1.82, 2.24) is 15.5 Å². The van der Waals surface area contributed by atoms with Crippen LogP contribution in [0.25, 0.3) is 0 Å². The molecule has 2 N–H and O–H groups in total. The summed E-state index contributed by atoms with van der Waals surface area (Å²) < 4.78 is 10.4. The molecule has 7 nitrogen and oxygen atoms in total. The lowest BCUT2D eigenvalue weighted by Gasteiger charge is -2.32. The minimum absolute atomic E-state index is 0.284. The molecule has 0 aromatic rings. The van der Waals surface area contributed by atoms with Gasteiger partial charge in [0.1, 0.15) is 0 Å². The van der Waals surface area contributed by atoms with Gasteiger partial charge in [-0.3, -0.25) is 4.90 Å². The molecule has 0 aromatic heterocycles. The lowest BCUT2D eigenvalue weighted by molar-refractivity contribution is -0.139. The van der Waals surface area contributed by atoms with E-state index in [1.54, 1.807) is 13.8 Å². The Morgan fingerprint density at radius 1 is 1.45 bits per heavy atom. The Kier molecular flexibility index (Phi) is 4.97. The van der Waals surface area contributed by atoms with Crippen LogP contribution in [0.2, 0.25) is 0 Å². The minimum Gasteiger partial charge on any atom is -0.463 e. The molecule has 1 atom stereocenters. The number of hydrogen-bond donors (Lipinski definition) is 2. The van der Waals surface area contributed by atoms with Crippen LogP contribution in [0.15, 0.2) is 11.3 Å². The third kappa shape index (κ3) is 3.49.